The number of rotatable bonds is 6. The van der Waals surface area contributed by atoms with E-state index >= 15 is 0 Å². The lowest BCUT2D eigenvalue weighted by atomic mass is 10.1. The van der Waals surface area contributed by atoms with Crippen molar-refractivity contribution in [3.05, 3.63) is 23.9 Å². The number of anilines is 1. The van der Waals surface area contributed by atoms with Gasteiger partial charge in [-0.3, -0.25) is 4.79 Å². The minimum atomic E-state index is -0.0875. The lowest BCUT2D eigenvalue weighted by molar-refractivity contribution is 0.0948. The molecule has 0 aliphatic rings. The van der Waals surface area contributed by atoms with Crippen LogP contribution in [0.3, 0.4) is 0 Å². The van der Waals surface area contributed by atoms with Crippen molar-refractivity contribution >= 4 is 11.7 Å². The molecule has 1 aromatic heterocycles. The topological polar surface area (TPSA) is 63.2 Å². The first-order valence-corrected chi connectivity index (χ1v) is 6.44. The number of methoxy groups -OCH3 is 1. The third kappa shape index (κ3) is 6.20. The summed E-state index contributed by atoms with van der Waals surface area (Å²) in [5.74, 6) is 0.618. The SMILES string of the molecule is COCCCNC(=O)c1ccnc(NC(C)(C)C)c1. The van der Waals surface area contributed by atoms with E-state index in [0.29, 0.717) is 24.5 Å². The van der Waals surface area contributed by atoms with Crippen LogP contribution in [0.4, 0.5) is 5.82 Å². The van der Waals surface area contributed by atoms with E-state index in [-0.39, 0.29) is 11.4 Å². The third-order valence-electron chi connectivity index (χ3n) is 2.34. The maximum atomic E-state index is 11.9. The number of carbonyl (C=O) groups is 1. The van der Waals surface area contributed by atoms with Crippen molar-refractivity contribution in [2.24, 2.45) is 0 Å². The van der Waals surface area contributed by atoms with Crippen LogP contribution in [0.2, 0.25) is 0 Å². The molecule has 0 spiro atoms. The maximum absolute atomic E-state index is 11.9. The molecule has 0 atom stereocenters. The summed E-state index contributed by atoms with van der Waals surface area (Å²) in [5.41, 5.74) is 0.528. The Morgan fingerprint density at radius 3 is 2.79 bits per heavy atom. The van der Waals surface area contributed by atoms with E-state index < -0.39 is 0 Å². The number of nitrogens with one attached hydrogen (secondary N) is 2. The molecular formula is C14H23N3O2. The fourth-order valence-electron chi connectivity index (χ4n) is 1.54. The fraction of sp³-hybridized carbons (Fsp3) is 0.571. The van der Waals surface area contributed by atoms with Crippen LogP contribution >= 0.6 is 0 Å². The van der Waals surface area contributed by atoms with Crippen molar-refractivity contribution in [1.82, 2.24) is 10.3 Å². The Bertz CT molecular complexity index is 413. The van der Waals surface area contributed by atoms with E-state index in [0.717, 1.165) is 6.42 Å². The van der Waals surface area contributed by atoms with Crippen LogP contribution in [0.5, 0.6) is 0 Å². The second-order valence-corrected chi connectivity index (χ2v) is 5.41. The fourth-order valence-corrected chi connectivity index (χ4v) is 1.54. The number of hydrogen-bond donors (Lipinski definition) is 2. The zero-order valence-electron chi connectivity index (χ0n) is 12.1. The van der Waals surface area contributed by atoms with Gasteiger partial charge in [-0.2, -0.15) is 0 Å². The highest BCUT2D eigenvalue weighted by Gasteiger charge is 2.12. The van der Waals surface area contributed by atoms with E-state index in [4.69, 9.17) is 4.74 Å². The Kier molecular flexibility index (Phi) is 5.76. The molecule has 0 radical (unpaired) electrons. The molecule has 0 unspecified atom stereocenters. The first-order valence-electron chi connectivity index (χ1n) is 6.44. The number of amides is 1. The highest BCUT2D eigenvalue weighted by Crippen LogP contribution is 2.13. The van der Waals surface area contributed by atoms with E-state index in [1.54, 1.807) is 25.4 Å². The summed E-state index contributed by atoms with van der Waals surface area (Å²) in [6, 6.07) is 3.47. The number of carbonyl (C=O) groups excluding carboxylic acids is 1. The molecule has 1 rings (SSSR count). The number of hydrogen-bond acceptors (Lipinski definition) is 4. The highest BCUT2D eigenvalue weighted by atomic mass is 16.5. The first kappa shape index (κ1) is 15.4. The molecule has 19 heavy (non-hydrogen) atoms. The average molecular weight is 265 g/mol. The summed E-state index contributed by atoms with van der Waals surface area (Å²) < 4.78 is 4.93. The predicted molar refractivity (Wildman–Crippen MR) is 76.4 cm³/mol. The van der Waals surface area contributed by atoms with Crippen molar-refractivity contribution in [3.63, 3.8) is 0 Å². The lowest BCUT2D eigenvalue weighted by Gasteiger charge is -2.21. The van der Waals surface area contributed by atoms with Gasteiger partial charge in [-0.05, 0) is 39.3 Å². The number of ether oxygens (including phenoxy) is 1. The summed E-state index contributed by atoms with van der Waals surface area (Å²) in [7, 11) is 1.65. The van der Waals surface area contributed by atoms with Crippen LogP contribution in [0.1, 0.15) is 37.6 Å². The molecule has 0 aliphatic carbocycles. The van der Waals surface area contributed by atoms with Crippen LogP contribution in [0.15, 0.2) is 18.3 Å². The second kappa shape index (κ2) is 7.09. The Hall–Kier alpha value is -1.62. The summed E-state index contributed by atoms with van der Waals surface area (Å²) in [6.45, 7) is 7.40. The van der Waals surface area contributed by atoms with Crippen molar-refractivity contribution in [2.75, 3.05) is 25.6 Å². The van der Waals surface area contributed by atoms with Gasteiger partial charge in [-0.1, -0.05) is 0 Å². The highest BCUT2D eigenvalue weighted by molar-refractivity contribution is 5.94. The van der Waals surface area contributed by atoms with Gasteiger partial charge in [0.25, 0.3) is 5.91 Å². The van der Waals surface area contributed by atoms with Crippen molar-refractivity contribution in [1.29, 1.82) is 0 Å². The average Bonchev–Trinajstić information content (AvgIpc) is 2.32. The van der Waals surface area contributed by atoms with Crippen molar-refractivity contribution in [3.8, 4) is 0 Å². The maximum Gasteiger partial charge on any atom is 0.251 e. The van der Waals surface area contributed by atoms with Gasteiger partial charge in [0.05, 0.1) is 0 Å². The van der Waals surface area contributed by atoms with Gasteiger partial charge < -0.3 is 15.4 Å². The molecule has 106 valence electrons. The van der Waals surface area contributed by atoms with Gasteiger partial charge in [0.1, 0.15) is 5.82 Å². The molecule has 1 amide bonds. The molecule has 2 N–H and O–H groups in total. The van der Waals surface area contributed by atoms with Crippen molar-refractivity contribution in [2.45, 2.75) is 32.7 Å². The standard InChI is InChI=1S/C14H23N3O2/c1-14(2,3)17-12-10-11(6-8-15-12)13(18)16-7-5-9-19-4/h6,8,10H,5,7,9H2,1-4H3,(H,15,17)(H,16,18). The van der Waals surface area contributed by atoms with Crippen LogP contribution < -0.4 is 10.6 Å². The molecule has 0 saturated carbocycles. The first-order chi connectivity index (χ1) is 8.92. The van der Waals surface area contributed by atoms with Gasteiger partial charge in [-0.25, -0.2) is 4.98 Å². The van der Waals surface area contributed by atoms with E-state index in [1.165, 1.54) is 0 Å². The summed E-state index contributed by atoms with van der Waals surface area (Å²) >= 11 is 0. The van der Waals surface area contributed by atoms with Gasteiger partial charge >= 0.3 is 0 Å². The molecule has 0 bridgehead atoms. The summed E-state index contributed by atoms with van der Waals surface area (Å²) in [4.78, 5) is 16.1. The molecule has 1 heterocycles. The summed E-state index contributed by atoms with van der Waals surface area (Å²) in [6.07, 6.45) is 2.44. The van der Waals surface area contributed by atoms with Crippen LogP contribution in [-0.4, -0.2) is 36.7 Å². The van der Waals surface area contributed by atoms with Gasteiger partial charge in [-0.15, -0.1) is 0 Å². The minimum absolute atomic E-state index is 0.0828. The minimum Gasteiger partial charge on any atom is -0.385 e. The second-order valence-electron chi connectivity index (χ2n) is 5.41. The molecule has 1 aromatic rings. The largest absolute Gasteiger partial charge is 0.385 e. The summed E-state index contributed by atoms with van der Waals surface area (Å²) in [5, 5.41) is 6.09. The van der Waals surface area contributed by atoms with Gasteiger partial charge in [0.2, 0.25) is 0 Å². The Balaban J connectivity index is 2.58. The number of nitrogens with zero attached hydrogens (tertiary/aromatic N) is 1. The molecular weight excluding hydrogens is 242 g/mol. The zero-order chi connectivity index (χ0) is 14.3. The Morgan fingerprint density at radius 1 is 1.42 bits per heavy atom. The zero-order valence-corrected chi connectivity index (χ0v) is 12.1. The number of aromatic nitrogens is 1. The molecule has 0 saturated heterocycles. The van der Waals surface area contributed by atoms with Crippen LogP contribution in [0.25, 0.3) is 0 Å². The van der Waals surface area contributed by atoms with Gasteiger partial charge in [0, 0.05) is 37.6 Å². The monoisotopic (exact) mass is 265 g/mol. The quantitative estimate of drug-likeness (QED) is 0.773. The molecule has 0 aliphatic heterocycles. The number of pyridine rings is 1. The van der Waals surface area contributed by atoms with Crippen LogP contribution in [-0.2, 0) is 4.74 Å². The van der Waals surface area contributed by atoms with E-state index in [9.17, 15) is 4.79 Å². The van der Waals surface area contributed by atoms with Crippen LogP contribution in [0, 0.1) is 0 Å². The van der Waals surface area contributed by atoms with Gasteiger partial charge in [0.15, 0.2) is 0 Å². The predicted octanol–water partition coefficient (Wildman–Crippen LogP) is 2.06. The Morgan fingerprint density at radius 2 is 2.16 bits per heavy atom. The third-order valence-corrected chi connectivity index (χ3v) is 2.34. The molecule has 5 heteroatoms. The lowest BCUT2D eigenvalue weighted by Crippen LogP contribution is -2.28. The Labute approximate surface area is 114 Å². The van der Waals surface area contributed by atoms with Crippen molar-refractivity contribution < 1.29 is 9.53 Å². The smallest absolute Gasteiger partial charge is 0.251 e. The van der Waals surface area contributed by atoms with E-state index in [1.807, 2.05) is 20.8 Å². The molecule has 5 nitrogen and oxygen atoms in total. The van der Waals surface area contributed by atoms with E-state index in [2.05, 4.69) is 15.6 Å². The molecule has 0 aromatic carbocycles. The normalized spacial score (nSPS) is 11.2. The molecule has 0 fully saturated rings.